The van der Waals surface area contributed by atoms with E-state index in [9.17, 15) is 4.79 Å². The van der Waals surface area contributed by atoms with E-state index in [1.54, 1.807) is 0 Å². The van der Waals surface area contributed by atoms with Crippen LogP contribution in [0.25, 0.3) is 0 Å². The van der Waals surface area contributed by atoms with Gasteiger partial charge in [-0.15, -0.1) is 0 Å². The summed E-state index contributed by atoms with van der Waals surface area (Å²) in [4.78, 5) is 10.8. The van der Waals surface area contributed by atoms with Crippen LogP contribution in [0.3, 0.4) is 0 Å². The van der Waals surface area contributed by atoms with Crippen molar-refractivity contribution in [2.45, 2.75) is 6.42 Å². The second kappa shape index (κ2) is 5.86. The van der Waals surface area contributed by atoms with E-state index >= 15 is 0 Å². The number of hydrogen-bond acceptors (Lipinski definition) is 3. The molecule has 3 nitrogen and oxygen atoms in total. The Hall–Kier alpha value is -1.77. The maximum atomic E-state index is 10.8. The normalized spacial score (nSPS) is 9.40. The largest absolute Gasteiger partial charge is 0.462 e. The van der Waals surface area contributed by atoms with Crippen LogP contribution < -0.4 is 5.32 Å². The first-order valence-corrected chi connectivity index (χ1v) is 4.82. The highest BCUT2D eigenvalue weighted by molar-refractivity contribution is 5.81. The molecule has 1 aromatic carbocycles. The summed E-state index contributed by atoms with van der Waals surface area (Å²) in [6.07, 6.45) is 1.90. The summed E-state index contributed by atoms with van der Waals surface area (Å²) >= 11 is 0. The fourth-order valence-corrected chi connectivity index (χ4v) is 1.17. The smallest absolute Gasteiger partial charge is 0.330 e. The van der Waals surface area contributed by atoms with Crippen molar-refractivity contribution < 1.29 is 9.53 Å². The standard InChI is InChI=1S/C12H15NO2/c1-3-12(14)15-9-8-10-4-6-11(13-2)7-5-10/h3-7,13H,1,8-9H2,2H3. The monoisotopic (exact) mass is 205 g/mol. The molecule has 1 rings (SSSR count). The van der Waals surface area contributed by atoms with Crippen LogP contribution in [-0.2, 0) is 16.0 Å². The van der Waals surface area contributed by atoms with E-state index < -0.39 is 0 Å². The molecule has 0 bridgehead atoms. The van der Waals surface area contributed by atoms with Gasteiger partial charge in [0.1, 0.15) is 0 Å². The Morgan fingerprint density at radius 1 is 1.47 bits per heavy atom. The molecule has 0 unspecified atom stereocenters. The Bertz CT molecular complexity index is 330. The first-order chi connectivity index (χ1) is 7.26. The molecule has 0 aromatic heterocycles. The molecular weight excluding hydrogens is 190 g/mol. The number of rotatable bonds is 5. The maximum absolute atomic E-state index is 10.8. The van der Waals surface area contributed by atoms with Crippen molar-refractivity contribution in [3.8, 4) is 0 Å². The van der Waals surface area contributed by atoms with Crippen LogP contribution in [0.4, 0.5) is 5.69 Å². The zero-order valence-electron chi connectivity index (χ0n) is 8.82. The lowest BCUT2D eigenvalue weighted by Crippen LogP contribution is -2.04. The number of ether oxygens (including phenoxy) is 1. The third-order valence-electron chi connectivity index (χ3n) is 2.04. The Morgan fingerprint density at radius 3 is 2.67 bits per heavy atom. The van der Waals surface area contributed by atoms with E-state index in [1.165, 1.54) is 6.08 Å². The molecule has 0 radical (unpaired) electrons. The van der Waals surface area contributed by atoms with Gasteiger partial charge in [-0.3, -0.25) is 0 Å². The van der Waals surface area contributed by atoms with Gasteiger partial charge in [0.05, 0.1) is 6.61 Å². The van der Waals surface area contributed by atoms with Crippen LogP contribution in [0.1, 0.15) is 5.56 Å². The molecule has 0 aliphatic rings. The van der Waals surface area contributed by atoms with Gasteiger partial charge in [0.15, 0.2) is 0 Å². The molecule has 0 saturated heterocycles. The van der Waals surface area contributed by atoms with Gasteiger partial charge in [0.2, 0.25) is 0 Å². The van der Waals surface area contributed by atoms with Gasteiger partial charge >= 0.3 is 5.97 Å². The predicted molar refractivity (Wildman–Crippen MR) is 60.8 cm³/mol. The summed E-state index contributed by atoms with van der Waals surface area (Å²) in [7, 11) is 1.88. The van der Waals surface area contributed by atoms with Crippen molar-refractivity contribution in [1.29, 1.82) is 0 Å². The van der Waals surface area contributed by atoms with Gasteiger partial charge in [0, 0.05) is 25.2 Å². The summed E-state index contributed by atoms with van der Waals surface area (Å²) in [5, 5.41) is 3.04. The van der Waals surface area contributed by atoms with Gasteiger partial charge in [0.25, 0.3) is 0 Å². The fourth-order valence-electron chi connectivity index (χ4n) is 1.17. The van der Waals surface area contributed by atoms with Gasteiger partial charge in [-0.2, -0.15) is 0 Å². The van der Waals surface area contributed by atoms with Gasteiger partial charge in [-0.25, -0.2) is 4.79 Å². The van der Waals surface area contributed by atoms with Crippen molar-refractivity contribution in [2.75, 3.05) is 19.0 Å². The molecule has 80 valence electrons. The minimum atomic E-state index is -0.373. The van der Waals surface area contributed by atoms with Crippen LogP contribution in [0.2, 0.25) is 0 Å². The summed E-state index contributed by atoms with van der Waals surface area (Å²) in [5.41, 5.74) is 2.22. The van der Waals surface area contributed by atoms with E-state index in [0.717, 1.165) is 17.7 Å². The van der Waals surface area contributed by atoms with Crippen LogP contribution in [0.5, 0.6) is 0 Å². The number of benzene rings is 1. The van der Waals surface area contributed by atoms with Gasteiger partial charge < -0.3 is 10.1 Å². The predicted octanol–water partition coefficient (Wildman–Crippen LogP) is 2.00. The van der Waals surface area contributed by atoms with E-state index in [1.807, 2.05) is 31.3 Å². The third-order valence-corrected chi connectivity index (χ3v) is 2.04. The van der Waals surface area contributed by atoms with Crippen molar-refractivity contribution in [3.05, 3.63) is 42.5 Å². The molecule has 1 aromatic rings. The minimum Gasteiger partial charge on any atom is -0.462 e. The topological polar surface area (TPSA) is 38.3 Å². The second-order valence-corrected chi connectivity index (χ2v) is 3.07. The number of esters is 1. The van der Waals surface area contributed by atoms with Crippen LogP contribution >= 0.6 is 0 Å². The molecule has 0 aliphatic heterocycles. The minimum absolute atomic E-state index is 0.373. The SMILES string of the molecule is C=CC(=O)OCCc1ccc(NC)cc1. The first kappa shape index (κ1) is 11.3. The lowest BCUT2D eigenvalue weighted by Gasteiger charge is -2.04. The highest BCUT2D eigenvalue weighted by atomic mass is 16.5. The Labute approximate surface area is 89.8 Å². The quantitative estimate of drug-likeness (QED) is 0.590. The lowest BCUT2D eigenvalue weighted by molar-refractivity contribution is -0.137. The fraction of sp³-hybridized carbons (Fsp3) is 0.250. The van der Waals surface area contributed by atoms with Crippen molar-refractivity contribution >= 4 is 11.7 Å². The molecule has 3 heteroatoms. The molecule has 0 saturated carbocycles. The molecular formula is C12H15NO2. The molecule has 1 N–H and O–H groups in total. The molecule has 0 aliphatic carbocycles. The zero-order chi connectivity index (χ0) is 11.1. The highest BCUT2D eigenvalue weighted by Gasteiger charge is 1.97. The molecule has 0 heterocycles. The Morgan fingerprint density at radius 2 is 2.13 bits per heavy atom. The molecule has 15 heavy (non-hydrogen) atoms. The van der Waals surface area contributed by atoms with Crippen molar-refractivity contribution in [2.24, 2.45) is 0 Å². The van der Waals surface area contributed by atoms with E-state index in [0.29, 0.717) is 6.61 Å². The number of nitrogens with one attached hydrogen (secondary N) is 1. The third kappa shape index (κ3) is 3.85. The second-order valence-electron chi connectivity index (χ2n) is 3.07. The first-order valence-electron chi connectivity index (χ1n) is 4.82. The number of anilines is 1. The Kier molecular flexibility index (Phi) is 4.41. The van der Waals surface area contributed by atoms with E-state index in [4.69, 9.17) is 4.74 Å². The van der Waals surface area contributed by atoms with Crippen LogP contribution in [0, 0.1) is 0 Å². The lowest BCUT2D eigenvalue weighted by atomic mass is 10.1. The number of carbonyl (C=O) groups excluding carboxylic acids is 1. The summed E-state index contributed by atoms with van der Waals surface area (Å²) < 4.78 is 4.88. The summed E-state index contributed by atoms with van der Waals surface area (Å²) in [6, 6.07) is 8.00. The van der Waals surface area contributed by atoms with E-state index in [2.05, 4.69) is 11.9 Å². The average molecular weight is 205 g/mol. The highest BCUT2D eigenvalue weighted by Crippen LogP contribution is 2.08. The van der Waals surface area contributed by atoms with Crippen molar-refractivity contribution in [3.63, 3.8) is 0 Å². The molecule has 0 amide bonds. The van der Waals surface area contributed by atoms with Crippen LogP contribution in [-0.4, -0.2) is 19.6 Å². The molecule has 0 fully saturated rings. The van der Waals surface area contributed by atoms with Gasteiger partial charge in [-0.1, -0.05) is 18.7 Å². The summed E-state index contributed by atoms with van der Waals surface area (Å²) in [6.45, 7) is 3.72. The summed E-state index contributed by atoms with van der Waals surface area (Å²) in [5.74, 6) is -0.373. The van der Waals surface area contributed by atoms with Crippen LogP contribution in [0.15, 0.2) is 36.9 Å². The number of carbonyl (C=O) groups is 1. The maximum Gasteiger partial charge on any atom is 0.330 e. The Balaban J connectivity index is 2.37. The number of hydrogen-bond donors (Lipinski definition) is 1. The van der Waals surface area contributed by atoms with Gasteiger partial charge in [-0.05, 0) is 17.7 Å². The molecule has 0 spiro atoms. The average Bonchev–Trinajstić information content (AvgIpc) is 2.29. The zero-order valence-corrected chi connectivity index (χ0v) is 8.82. The molecule has 0 atom stereocenters. The van der Waals surface area contributed by atoms with E-state index in [-0.39, 0.29) is 5.97 Å². The van der Waals surface area contributed by atoms with Crippen molar-refractivity contribution in [1.82, 2.24) is 0 Å².